The zero-order valence-electron chi connectivity index (χ0n) is 11.2. The quantitative estimate of drug-likeness (QED) is 0.840. The molecule has 2 aromatic heterocycles. The van der Waals surface area contributed by atoms with Gasteiger partial charge in [-0.15, -0.1) is 11.8 Å². The lowest BCUT2D eigenvalue weighted by atomic mass is 10.0. The summed E-state index contributed by atoms with van der Waals surface area (Å²) in [6.45, 7) is 2.02. The third-order valence-corrected chi connectivity index (χ3v) is 4.33. The maximum Gasteiger partial charge on any atom is 0.107 e. The molecule has 1 saturated carbocycles. The SMILES string of the molecule is CSc1ccc(C(O)c2cc(C3CC3)[nH]c2C)cn1. The summed E-state index contributed by atoms with van der Waals surface area (Å²) in [6.07, 6.45) is 5.70. The molecule has 1 aliphatic rings. The van der Waals surface area contributed by atoms with Gasteiger partial charge in [0.25, 0.3) is 0 Å². The molecule has 4 heteroatoms. The molecule has 1 atom stereocenters. The fourth-order valence-corrected chi connectivity index (χ4v) is 2.71. The molecule has 1 unspecified atom stereocenters. The number of nitrogens with one attached hydrogen (secondary N) is 1. The predicted octanol–water partition coefficient (Wildman–Crippen LogP) is 3.40. The van der Waals surface area contributed by atoms with Crippen molar-refractivity contribution in [3.05, 3.63) is 46.9 Å². The van der Waals surface area contributed by atoms with Gasteiger partial charge in [-0.2, -0.15) is 0 Å². The Balaban J connectivity index is 1.87. The van der Waals surface area contributed by atoms with Gasteiger partial charge in [0.05, 0.1) is 5.03 Å². The summed E-state index contributed by atoms with van der Waals surface area (Å²) in [6, 6.07) is 6.01. The van der Waals surface area contributed by atoms with Crippen LogP contribution < -0.4 is 0 Å². The van der Waals surface area contributed by atoms with Crippen LogP contribution in [0, 0.1) is 6.92 Å². The molecule has 3 rings (SSSR count). The van der Waals surface area contributed by atoms with E-state index in [0.717, 1.165) is 21.8 Å². The second kappa shape index (κ2) is 5.02. The highest BCUT2D eigenvalue weighted by atomic mass is 32.2. The largest absolute Gasteiger partial charge is 0.384 e. The van der Waals surface area contributed by atoms with E-state index in [1.165, 1.54) is 18.5 Å². The molecule has 19 heavy (non-hydrogen) atoms. The number of hydrogen-bond donors (Lipinski definition) is 2. The fraction of sp³-hybridized carbons (Fsp3) is 0.400. The number of aliphatic hydroxyl groups excluding tert-OH is 1. The van der Waals surface area contributed by atoms with E-state index in [2.05, 4.69) is 16.0 Å². The van der Waals surface area contributed by atoms with Crippen LogP contribution in [0.1, 0.15) is 47.4 Å². The topological polar surface area (TPSA) is 48.9 Å². The smallest absolute Gasteiger partial charge is 0.107 e. The van der Waals surface area contributed by atoms with Crippen molar-refractivity contribution in [2.24, 2.45) is 0 Å². The van der Waals surface area contributed by atoms with Gasteiger partial charge >= 0.3 is 0 Å². The monoisotopic (exact) mass is 274 g/mol. The predicted molar refractivity (Wildman–Crippen MR) is 77.6 cm³/mol. The van der Waals surface area contributed by atoms with Crippen molar-refractivity contribution in [1.29, 1.82) is 0 Å². The molecule has 1 aliphatic carbocycles. The Labute approximate surface area is 117 Å². The summed E-state index contributed by atoms with van der Waals surface area (Å²) in [5, 5.41) is 11.5. The second-order valence-electron chi connectivity index (χ2n) is 5.12. The Morgan fingerprint density at radius 2 is 2.21 bits per heavy atom. The van der Waals surface area contributed by atoms with Gasteiger partial charge in [0.15, 0.2) is 0 Å². The normalized spacial score (nSPS) is 16.6. The number of aryl methyl sites for hydroxylation is 1. The van der Waals surface area contributed by atoms with E-state index in [1.807, 2.05) is 25.3 Å². The maximum atomic E-state index is 10.5. The van der Waals surface area contributed by atoms with E-state index in [0.29, 0.717) is 5.92 Å². The average Bonchev–Trinajstić information content (AvgIpc) is 3.21. The van der Waals surface area contributed by atoms with E-state index in [9.17, 15) is 5.11 Å². The van der Waals surface area contributed by atoms with Crippen molar-refractivity contribution >= 4 is 11.8 Å². The van der Waals surface area contributed by atoms with Crippen LogP contribution in [0.4, 0.5) is 0 Å². The summed E-state index contributed by atoms with van der Waals surface area (Å²) in [7, 11) is 0. The number of pyridine rings is 1. The molecule has 2 N–H and O–H groups in total. The van der Waals surface area contributed by atoms with Crippen LogP contribution in [0.25, 0.3) is 0 Å². The number of aromatic amines is 1. The molecule has 0 bridgehead atoms. The Kier molecular flexibility index (Phi) is 3.37. The van der Waals surface area contributed by atoms with Gasteiger partial charge in [0.2, 0.25) is 0 Å². The summed E-state index contributed by atoms with van der Waals surface area (Å²) in [5.41, 5.74) is 4.14. The first-order valence-corrected chi connectivity index (χ1v) is 7.79. The summed E-state index contributed by atoms with van der Waals surface area (Å²) < 4.78 is 0. The number of H-pyrrole nitrogens is 1. The van der Waals surface area contributed by atoms with Gasteiger partial charge < -0.3 is 10.1 Å². The first kappa shape index (κ1) is 12.8. The highest BCUT2D eigenvalue weighted by Gasteiger charge is 2.27. The van der Waals surface area contributed by atoms with Gasteiger partial charge in [-0.1, -0.05) is 6.07 Å². The van der Waals surface area contributed by atoms with Crippen molar-refractivity contribution in [2.45, 2.75) is 36.8 Å². The molecule has 100 valence electrons. The third-order valence-electron chi connectivity index (χ3n) is 3.67. The molecule has 0 aromatic carbocycles. The van der Waals surface area contributed by atoms with E-state index in [4.69, 9.17) is 0 Å². The molecular weight excluding hydrogens is 256 g/mol. The standard InChI is InChI=1S/C15H18N2OS/c1-9-12(7-13(17-9)10-3-4-10)15(18)11-5-6-14(19-2)16-8-11/h5-8,10,15,17-18H,3-4H2,1-2H3. The Hall–Kier alpha value is -1.26. The fourth-order valence-electron chi connectivity index (χ4n) is 2.35. The van der Waals surface area contributed by atoms with E-state index < -0.39 is 6.10 Å². The highest BCUT2D eigenvalue weighted by molar-refractivity contribution is 7.98. The lowest BCUT2D eigenvalue weighted by Gasteiger charge is -2.10. The van der Waals surface area contributed by atoms with Crippen LogP contribution in [0.5, 0.6) is 0 Å². The van der Waals surface area contributed by atoms with Gasteiger partial charge in [-0.05, 0) is 44.1 Å². The van der Waals surface area contributed by atoms with E-state index in [1.54, 1.807) is 18.0 Å². The molecule has 0 spiro atoms. The van der Waals surface area contributed by atoms with Gasteiger partial charge in [-0.3, -0.25) is 0 Å². The van der Waals surface area contributed by atoms with Crippen molar-refractivity contribution < 1.29 is 5.11 Å². The number of aromatic nitrogens is 2. The lowest BCUT2D eigenvalue weighted by molar-refractivity contribution is 0.219. The van der Waals surface area contributed by atoms with Crippen LogP contribution in [-0.2, 0) is 0 Å². The molecule has 2 heterocycles. The zero-order valence-corrected chi connectivity index (χ0v) is 12.0. The summed E-state index contributed by atoms with van der Waals surface area (Å²) >= 11 is 1.61. The molecular formula is C15H18N2OS. The van der Waals surface area contributed by atoms with Crippen LogP contribution in [0.2, 0.25) is 0 Å². The van der Waals surface area contributed by atoms with Crippen LogP contribution in [-0.4, -0.2) is 21.3 Å². The Morgan fingerprint density at radius 3 is 2.79 bits per heavy atom. The van der Waals surface area contributed by atoms with Crippen LogP contribution in [0.3, 0.4) is 0 Å². The van der Waals surface area contributed by atoms with Gasteiger partial charge in [0.1, 0.15) is 6.10 Å². The minimum atomic E-state index is -0.591. The highest BCUT2D eigenvalue weighted by Crippen LogP contribution is 2.41. The minimum absolute atomic E-state index is 0.591. The van der Waals surface area contributed by atoms with E-state index >= 15 is 0 Å². The van der Waals surface area contributed by atoms with Crippen molar-refractivity contribution in [1.82, 2.24) is 9.97 Å². The molecule has 1 fully saturated rings. The Bertz CT molecular complexity index is 572. The summed E-state index contributed by atoms with van der Waals surface area (Å²) in [4.78, 5) is 7.72. The molecule has 0 amide bonds. The molecule has 0 radical (unpaired) electrons. The van der Waals surface area contributed by atoms with Crippen molar-refractivity contribution in [3.8, 4) is 0 Å². The molecule has 3 nitrogen and oxygen atoms in total. The molecule has 2 aromatic rings. The van der Waals surface area contributed by atoms with Crippen molar-refractivity contribution in [3.63, 3.8) is 0 Å². The summed E-state index contributed by atoms with van der Waals surface area (Å²) in [5.74, 6) is 0.677. The number of rotatable bonds is 4. The molecule has 0 saturated heterocycles. The van der Waals surface area contributed by atoms with Crippen LogP contribution >= 0.6 is 11.8 Å². The van der Waals surface area contributed by atoms with Crippen molar-refractivity contribution in [2.75, 3.05) is 6.26 Å². The van der Waals surface area contributed by atoms with E-state index in [-0.39, 0.29) is 0 Å². The third kappa shape index (κ3) is 2.55. The lowest BCUT2D eigenvalue weighted by Crippen LogP contribution is -2.00. The zero-order chi connectivity index (χ0) is 13.4. The maximum absolute atomic E-state index is 10.5. The van der Waals surface area contributed by atoms with Gasteiger partial charge in [-0.25, -0.2) is 4.98 Å². The second-order valence-corrected chi connectivity index (χ2v) is 5.94. The first-order chi connectivity index (χ1) is 9.19. The number of nitrogens with zero attached hydrogens (tertiary/aromatic N) is 1. The van der Waals surface area contributed by atoms with Crippen LogP contribution in [0.15, 0.2) is 29.4 Å². The average molecular weight is 274 g/mol. The molecule has 0 aliphatic heterocycles. The number of hydrogen-bond acceptors (Lipinski definition) is 3. The number of thioether (sulfide) groups is 1. The Morgan fingerprint density at radius 1 is 1.42 bits per heavy atom. The van der Waals surface area contributed by atoms with Gasteiger partial charge in [0, 0.05) is 28.7 Å². The minimum Gasteiger partial charge on any atom is -0.384 e. The number of aliphatic hydroxyl groups is 1. The first-order valence-electron chi connectivity index (χ1n) is 6.56.